The lowest BCUT2D eigenvalue weighted by molar-refractivity contribution is -0.384. The second kappa shape index (κ2) is 8.83. The number of nitrogens with one attached hydrogen (secondary N) is 2. The summed E-state index contributed by atoms with van der Waals surface area (Å²) >= 11 is 0. The normalized spacial score (nSPS) is 20.3. The van der Waals surface area contributed by atoms with Crippen molar-refractivity contribution in [2.45, 2.75) is 32.2 Å². The molecule has 1 aromatic carbocycles. The number of esters is 1. The number of hydrogen-bond acceptors (Lipinski definition) is 6. The van der Waals surface area contributed by atoms with Crippen molar-refractivity contribution >= 4 is 17.7 Å². The van der Waals surface area contributed by atoms with Crippen LogP contribution < -0.4 is 10.6 Å². The van der Waals surface area contributed by atoms with E-state index in [-0.39, 0.29) is 17.9 Å². The van der Waals surface area contributed by atoms with E-state index in [2.05, 4.69) is 15.5 Å². The Morgan fingerprint density at radius 1 is 1.32 bits per heavy atom. The van der Waals surface area contributed by atoms with Gasteiger partial charge in [0, 0.05) is 24.4 Å². The lowest BCUT2D eigenvalue weighted by Gasteiger charge is -2.33. The minimum Gasteiger partial charge on any atom is -0.463 e. The quantitative estimate of drug-likeness (QED) is 0.439. The number of benzene rings is 1. The van der Waals surface area contributed by atoms with Crippen LogP contribution in [0.1, 0.15) is 37.8 Å². The van der Waals surface area contributed by atoms with E-state index < -0.39 is 23.0 Å². The SMILES string of the molecule is CCOC(=O)C1=C(CN2CCCCC2)NC(=O)N[C@H]1c1cccc([N+](=O)[O-])c1. The molecule has 0 bridgehead atoms. The average Bonchev–Trinajstić information content (AvgIpc) is 2.68. The molecule has 0 radical (unpaired) electrons. The monoisotopic (exact) mass is 388 g/mol. The summed E-state index contributed by atoms with van der Waals surface area (Å²) in [6.07, 6.45) is 3.32. The van der Waals surface area contributed by atoms with Crippen molar-refractivity contribution in [3.05, 3.63) is 51.2 Å². The van der Waals surface area contributed by atoms with E-state index in [0.717, 1.165) is 25.9 Å². The van der Waals surface area contributed by atoms with E-state index in [1.807, 2.05) is 0 Å². The average molecular weight is 388 g/mol. The second-order valence-electron chi connectivity index (χ2n) is 6.83. The number of amides is 2. The Morgan fingerprint density at radius 2 is 2.07 bits per heavy atom. The zero-order valence-corrected chi connectivity index (χ0v) is 15.8. The first-order valence-electron chi connectivity index (χ1n) is 9.44. The number of ether oxygens (including phenoxy) is 1. The first-order valence-corrected chi connectivity index (χ1v) is 9.44. The molecular formula is C19H24N4O5. The number of carbonyl (C=O) groups excluding carboxylic acids is 2. The third-order valence-corrected chi connectivity index (χ3v) is 4.89. The van der Waals surface area contributed by atoms with Gasteiger partial charge in [0.25, 0.3) is 5.69 Å². The van der Waals surface area contributed by atoms with Gasteiger partial charge in [0.1, 0.15) is 0 Å². The van der Waals surface area contributed by atoms with Crippen LogP contribution in [0, 0.1) is 10.1 Å². The molecule has 0 spiro atoms. The Hall–Kier alpha value is -2.94. The van der Waals surface area contributed by atoms with Crippen LogP contribution in [-0.4, -0.2) is 48.1 Å². The molecule has 2 amide bonds. The number of nitro groups is 1. The molecule has 2 heterocycles. The van der Waals surface area contributed by atoms with E-state index in [0.29, 0.717) is 17.8 Å². The molecule has 9 heteroatoms. The fourth-order valence-corrected chi connectivity index (χ4v) is 3.60. The molecule has 2 aliphatic rings. The van der Waals surface area contributed by atoms with E-state index in [4.69, 9.17) is 4.74 Å². The van der Waals surface area contributed by atoms with Crippen LogP contribution in [0.2, 0.25) is 0 Å². The predicted molar refractivity (Wildman–Crippen MR) is 101 cm³/mol. The lowest BCUT2D eigenvalue weighted by Crippen LogP contribution is -2.49. The summed E-state index contributed by atoms with van der Waals surface area (Å²) < 4.78 is 5.22. The van der Waals surface area contributed by atoms with Crippen molar-refractivity contribution in [1.82, 2.24) is 15.5 Å². The highest BCUT2D eigenvalue weighted by Crippen LogP contribution is 2.30. The standard InChI is InChI=1S/C19H24N4O5/c1-2-28-18(24)16-15(12-22-9-4-3-5-10-22)20-19(25)21-17(16)13-7-6-8-14(11-13)23(26)27/h6-8,11,17H,2-5,9-10,12H2,1H3,(H2,20,21,25)/t17-/m0/s1. The van der Waals surface area contributed by atoms with Gasteiger partial charge in [0.2, 0.25) is 0 Å². The summed E-state index contributed by atoms with van der Waals surface area (Å²) in [5.41, 5.74) is 1.13. The van der Waals surface area contributed by atoms with Crippen LogP contribution in [-0.2, 0) is 9.53 Å². The molecule has 28 heavy (non-hydrogen) atoms. The number of urea groups is 1. The molecule has 0 unspecified atom stereocenters. The molecule has 150 valence electrons. The summed E-state index contributed by atoms with van der Waals surface area (Å²) in [5.74, 6) is -0.543. The minimum atomic E-state index is -0.813. The fraction of sp³-hybridized carbons (Fsp3) is 0.474. The van der Waals surface area contributed by atoms with Gasteiger partial charge in [-0.15, -0.1) is 0 Å². The number of hydrogen-bond donors (Lipinski definition) is 2. The van der Waals surface area contributed by atoms with Crippen LogP contribution >= 0.6 is 0 Å². The molecule has 1 fully saturated rings. The minimum absolute atomic E-state index is 0.105. The van der Waals surface area contributed by atoms with Gasteiger partial charge in [-0.25, -0.2) is 9.59 Å². The molecular weight excluding hydrogens is 364 g/mol. The largest absolute Gasteiger partial charge is 0.463 e. The van der Waals surface area contributed by atoms with E-state index in [1.54, 1.807) is 13.0 Å². The van der Waals surface area contributed by atoms with Gasteiger partial charge in [-0.1, -0.05) is 18.6 Å². The fourth-order valence-electron chi connectivity index (χ4n) is 3.60. The topological polar surface area (TPSA) is 114 Å². The maximum absolute atomic E-state index is 12.7. The highest BCUT2D eigenvalue weighted by Gasteiger charge is 2.35. The number of nitrogens with zero attached hydrogens (tertiary/aromatic N) is 2. The second-order valence-corrected chi connectivity index (χ2v) is 6.83. The molecule has 1 aromatic rings. The van der Waals surface area contributed by atoms with E-state index >= 15 is 0 Å². The summed E-state index contributed by atoms with van der Waals surface area (Å²) in [7, 11) is 0. The number of non-ortho nitro benzene ring substituents is 1. The number of piperidine rings is 1. The Kier molecular flexibility index (Phi) is 6.25. The molecule has 0 saturated carbocycles. The smallest absolute Gasteiger partial charge is 0.338 e. The van der Waals surface area contributed by atoms with Crippen molar-refractivity contribution in [2.75, 3.05) is 26.2 Å². The van der Waals surface area contributed by atoms with E-state index in [1.165, 1.54) is 24.6 Å². The van der Waals surface area contributed by atoms with E-state index in [9.17, 15) is 19.7 Å². The Labute approximate surface area is 162 Å². The van der Waals surface area contributed by atoms with Gasteiger partial charge in [-0.2, -0.15) is 0 Å². The first kappa shape index (κ1) is 19.8. The van der Waals surface area contributed by atoms with Gasteiger partial charge >= 0.3 is 12.0 Å². The summed E-state index contributed by atoms with van der Waals surface area (Å²) in [5, 5.41) is 16.6. The maximum Gasteiger partial charge on any atom is 0.338 e. The van der Waals surface area contributed by atoms with Gasteiger partial charge in [0.05, 0.1) is 23.1 Å². The van der Waals surface area contributed by atoms with Crippen LogP contribution in [0.15, 0.2) is 35.5 Å². The summed E-state index contributed by atoms with van der Waals surface area (Å²) in [4.78, 5) is 37.8. The van der Waals surface area contributed by atoms with Crippen molar-refractivity contribution in [3.8, 4) is 0 Å². The third-order valence-electron chi connectivity index (χ3n) is 4.89. The van der Waals surface area contributed by atoms with Gasteiger partial charge in [-0.05, 0) is 38.4 Å². The van der Waals surface area contributed by atoms with Crippen LogP contribution in [0.25, 0.3) is 0 Å². The molecule has 9 nitrogen and oxygen atoms in total. The summed E-state index contributed by atoms with van der Waals surface area (Å²) in [6.45, 7) is 4.11. The van der Waals surface area contributed by atoms with Crippen molar-refractivity contribution in [3.63, 3.8) is 0 Å². The van der Waals surface area contributed by atoms with Crippen LogP contribution in [0.5, 0.6) is 0 Å². The Morgan fingerprint density at radius 3 is 2.75 bits per heavy atom. The number of likely N-dealkylation sites (tertiary alicyclic amines) is 1. The third kappa shape index (κ3) is 4.48. The van der Waals surface area contributed by atoms with Crippen molar-refractivity contribution in [2.24, 2.45) is 0 Å². The molecule has 1 atom stereocenters. The summed E-state index contributed by atoms with van der Waals surface area (Å²) in [6, 6.07) is 4.67. The highest BCUT2D eigenvalue weighted by molar-refractivity contribution is 5.95. The van der Waals surface area contributed by atoms with Gasteiger partial charge < -0.3 is 15.4 Å². The zero-order valence-electron chi connectivity index (χ0n) is 15.8. The molecule has 0 aromatic heterocycles. The highest BCUT2D eigenvalue weighted by atomic mass is 16.6. The maximum atomic E-state index is 12.7. The zero-order chi connectivity index (χ0) is 20.1. The van der Waals surface area contributed by atoms with Crippen molar-refractivity contribution in [1.29, 1.82) is 0 Å². The van der Waals surface area contributed by atoms with Crippen molar-refractivity contribution < 1.29 is 19.2 Å². The predicted octanol–water partition coefficient (Wildman–Crippen LogP) is 2.25. The Bertz CT molecular complexity index is 801. The number of carbonyl (C=O) groups is 2. The number of rotatable bonds is 6. The van der Waals surface area contributed by atoms with Gasteiger partial charge in [-0.3, -0.25) is 15.0 Å². The van der Waals surface area contributed by atoms with Crippen LogP contribution in [0.3, 0.4) is 0 Å². The molecule has 2 N–H and O–H groups in total. The Balaban J connectivity index is 2.01. The number of nitro benzene ring substituents is 1. The van der Waals surface area contributed by atoms with Gasteiger partial charge in [0.15, 0.2) is 0 Å². The first-order chi connectivity index (χ1) is 13.5. The molecule has 0 aliphatic carbocycles. The molecule has 3 rings (SSSR count). The van der Waals surface area contributed by atoms with Crippen LogP contribution in [0.4, 0.5) is 10.5 Å². The molecule has 2 aliphatic heterocycles. The lowest BCUT2D eigenvalue weighted by atomic mass is 9.94. The molecule has 1 saturated heterocycles.